The van der Waals surface area contributed by atoms with Crippen LogP contribution in [0.4, 0.5) is 0 Å². The number of hydrogen-bond donors (Lipinski definition) is 1. The van der Waals surface area contributed by atoms with Crippen LogP contribution < -0.4 is 5.32 Å². The van der Waals surface area contributed by atoms with Gasteiger partial charge in [0.05, 0.1) is 11.2 Å². The normalized spacial score (nSPS) is 20.2. The Hall–Kier alpha value is -0.630. The van der Waals surface area contributed by atoms with Crippen molar-refractivity contribution >= 4 is 21.6 Å². The summed E-state index contributed by atoms with van der Waals surface area (Å²) in [4.78, 5) is 0. The Morgan fingerprint density at radius 1 is 1.60 bits per heavy atom. The predicted molar refractivity (Wildman–Crippen MR) is 78.3 cm³/mol. The molecule has 1 fully saturated rings. The zero-order valence-corrected chi connectivity index (χ0v) is 13.6. The van der Waals surface area contributed by atoms with E-state index in [0.717, 1.165) is 19.4 Å². The van der Waals surface area contributed by atoms with E-state index < -0.39 is 10.0 Å². The number of sulfonamides is 1. The van der Waals surface area contributed by atoms with E-state index in [1.54, 1.807) is 7.05 Å². The van der Waals surface area contributed by atoms with Crippen LogP contribution in [0, 0.1) is 0 Å². The summed E-state index contributed by atoms with van der Waals surface area (Å²) in [5.74, 6) is 0. The summed E-state index contributed by atoms with van der Waals surface area (Å²) < 4.78 is 28.4. The first kappa shape index (κ1) is 15.8. The van der Waals surface area contributed by atoms with Gasteiger partial charge in [0, 0.05) is 25.7 Å². The Balaban J connectivity index is 2.32. The van der Waals surface area contributed by atoms with Gasteiger partial charge in [-0.2, -0.15) is 9.40 Å². The maximum Gasteiger partial charge on any atom is 0.262 e. The molecule has 0 amide bonds. The Labute approximate surface area is 125 Å². The molecule has 2 heterocycles. The third kappa shape index (κ3) is 3.00. The van der Waals surface area contributed by atoms with Crippen LogP contribution in [0.5, 0.6) is 0 Å². The van der Waals surface area contributed by atoms with Gasteiger partial charge in [0.15, 0.2) is 5.03 Å². The summed E-state index contributed by atoms with van der Waals surface area (Å²) >= 11 is 5.99. The lowest BCUT2D eigenvalue weighted by Gasteiger charge is -2.28. The van der Waals surface area contributed by atoms with Crippen molar-refractivity contribution < 1.29 is 8.42 Å². The van der Waals surface area contributed by atoms with Gasteiger partial charge < -0.3 is 5.32 Å². The third-order valence-corrected chi connectivity index (χ3v) is 6.08. The van der Waals surface area contributed by atoms with E-state index in [4.69, 9.17) is 11.6 Å². The average Bonchev–Trinajstić information content (AvgIpc) is 2.95. The topological polar surface area (TPSA) is 67.2 Å². The van der Waals surface area contributed by atoms with Gasteiger partial charge >= 0.3 is 0 Å². The minimum atomic E-state index is -3.64. The van der Waals surface area contributed by atoms with E-state index in [1.165, 1.54) is 15.2 Å². The van der Waals surface area contributed by atoms with Crippen molar-refractivity contribution in [2.75, 3.05) is 13.1 Å². The Morgan fingerprint density at radius 3 is 2.75 bits per heavy atom. The Kier molecular flexibility index (Phi) is 4.73. The molecular formula is C12H21ClN4O2S. The summed E-state index contributed by atoms with van der Waals surface area (Å²) in [6.45, 7) is 5.15. The SMILES string of the molecule is CC(C)N(CC1CCCN1)S(=O)(=O)c1c(Cl)cnn1C. The van der Waals surface area contributed by atoms with Crippen molar-refractivity contribution in [2.24, 2.45) is 7.05 Å². The molecule has 2 rings (SSSR count). The summed E-state index contributed by atoms with van der Waals surface area (Å²) in [6.07, 6.45) is 3.45. The van der Waals surface area contributed by atoms with Gasteiger partial charge in [-0.05, 0) is 33.2 Å². The van der Waals surface area contributed by atoms with E-state index in [-0.39, 0.29) is 22.1 Å². The minimum absolute atomic E-state index is 0.0610. The minimum Gasteiger partial charge on any atom is -0.313 e. The lowest BCUT2D eigenvalue weighted by Crippen LogP contribution is -2.45. The van der Waals surface area contributed by atoms with Gasteiger partial charge in [-0.25, -0.2) is 8.42 Å². The fourth-order valence-corrected chi connectivity index (χ4v) is 4.81. The first-order valence-corrected chi connectivity index (χ1v) is 8.58. The van der Waals surface area contributed by atoms with E-state index >= 15 is 0 Å². The standard InChI is InChI=1S/C12H21ClN4O2S/c1-9(2)17(8-10-5-4-6-14-10)20(18,19)12-11(13)7-15-16(12)3/h7,9-10,14H,4-6,8H2,1-3H3. The monoisotopic (exact) mass is 320 g/mol. The number of nitrogens with one attached hydrogen (secondary N) is 1. The lowest BCUT2D eigenvalue weighted by atomic mass is 10.2. The van der Waals surface area contributed by atoms with Crippen molar-refractivity contribution in [3.63, 3.8) is 0 Å². The highest BCUT2D eigenvalue weighted by Crippen LogP contribution is 2.26. The van der Waals surface area contributed by atoms with E-state index in [1.807, 2.05) is 13.8 Å². The first-order chi connectivity index (χ1) is 9.34. The largest absolute Gasteiger partial charge is 0.313 e. The number of halogens is 1. The molecule has 1 N–H and O–H groups in total. The molecule has 20 heavy (non-hydrogen) atoms. The molecule has 0 radical (unpaired) electrons. The molecule has 114 valence electrons. The van der Waals surface area contributed by atoms with E-state index in [0.29, 0.717) is 6.54 Å². The number of nitrogens with zero attached hydrogens (tertiary/aromatic N) is 3. The molecule has 1 aromatic heterocycles. The number of hydrogen-bond acceptors (Lipinski definition) is 4. The number of rotatable bonds is 5. The molecule has 1 aromatic rings. The fourth-order valence-electron chi connectivity index (χ4n) is 2.52. The molecule has 1 unspecified atom stereocenters. The second-order valence-corrected chi connectivity index (χ2v) is 7.60. The second kappa shape index (κ2) is 6.01. The van der Waals surface area contributed by atoms with Gasteiger partial charge in [-0.1, -0.05) is 11.6 Å². The fraction of sp³-hybridized carbons (Fsp3) is 0.750. The van der Waals surface area contributed by atoms with Crippen LogP contribution in [0.25, 0.3) is 0 Å². The van der Waals surface area contributed by atoms with Crippen molar-refractivity contribution in [3.05, 3.63) is 11.2 Å². The molecule has 1 aliphatic heterocycles. The van der Waals surface area contributed by atoms with E-state index in [9.17, 15) is 8.42 Å². The van der Waals surface area contributed by atoms with Crippen LogP contribution in [0.2, 0.25) is 5.02 Å². The highest BCUT2D eigenvalue weighted by molar-refractivity contribution is 7.89. The highest BCUT2D eigenvalue weighted by atomic mass is 35.5. The van der Waals surface area contributed by atoms with Crippen LogP contribution in [-0.4, -0.2) is 47.7 Å². The Bertz CT molecular complexity index is 545. The zero-order chi connectivity index (χ0) is 14.9. The zero-order valence-electron chi connectivity index (χ0n) is 12.0. The van der Waals surface area contributed by atoms with Crippen molar-refractivity contribution in [1.82, 2.24) is 19.4 Å². The summed E-state index contributed by atoms with van der Waals surface area (Å²) in [5.41, 5.74) is 0. The average molecular weight is 321 g/mol. The number of aryl methyl sites for hydroxylation is 1. The van der Waals surface area contributed by atoms with Crippen LogP contribution in [-0.2, 0) is 17.1 Å². The molecule has 1 aliphatic rings. The maximum absolute atomic E-state index is 12.8. The summed E-state index contributed by atoms with van der Waals surface area (Å²) in [7, 11) is -2.06. The van der Waals surface area contributed by atoms with Gasteiger partial charge in [-0.15, -0.1) is 0 Å². The molecule has 0 aromatic carbocycles. The smallest absolute Gasteiger partial charge is 0.262 e. The molecule has 0 aliphatic carbocycles. The molecular weight excluding hydrogens is 300 g/mol. The van der Waals surface area contributed by atoms with Gasteiger partial charge in [0.1, 0.15) is 0 Å². The molecule has 6 nitrogen and oxygen atoms in total. The molecule has 1 saturated heterocycles. The van der Waals surface area contributed by atoms with Gasteiger partial charge in [0.25, 0.3) is 10.0 Å². The van der Waals surface area contributed by atoms with Crippen molar-refractivity contribution in [3.8, 4) is 0 Å². The third-order valence-electron chi connectivity index (χ3n) is 3.53. The summed E-state index contributed by atoms with van der Waals surface area (Å²) in [6, 6.07) is 0.0764. The molecule has 1 atom stereocenters. The van der Waals surface area contributed by atoms with Crippen molar-refractivity contribution in [1.29, 1.82) is 0 Å². The van der Waals surface area contributed by atoms with Crippen LogP contribution in [0.15, 0.2) is 11.2 Å². The molecule has 0 saturated carbocycles. The van der Waals surface area contributed by atoms with E-state index in [2.05, 4.69) is 10.4 Å². The number of aromatic nitrogens is 2. The Morgan fingerprint density at radius 2 is 2.30 bits per heavy atom. The lowest BCUT2D eigenvalue weighted by molar-refractivity contribution is 0.320. The van der Waals surface area contributed by atoms with Crippen molar-refractivity contribution in [2.45, 2.75) is 43.8 Å². The molecule has 0 spiro atoms. The highest BCUT2D eigenvalue weighted by Gasteiger charge is 2.34. The second-order valence-electron chi connectivity index (χ2n) is 5.38. The molecule has 0 bridgehead atoms. The van der Waals surface area contributed by atoms with Gasteiger partial charge in [-0.3, -0.25) is 4.68 Å². The quantitative estimate of drug-likeness (QED) is 0.886. The van der Waals surface area contributed by atoms with Crippen LogP contribution in [0.3, 0.4) is 0 Å². The van der Waals surface area contributed by atoms with Crippen LogP contribution in [0.1, 0.15) is 26.7 Å². The summed E-state index contributed by atoms with van der Waals surface area (Å²) in [5, 5.41) is 7.47. The predicted octanol–water partition coefficient (Wildman–Crippen LogP) is 1.22. The molecule has 8 heteroatoms. The maximum atomic E-state index is 12.8. The van der Waals surface area contributed by atoms with Gasteiger partial charge in [0.2, 0.25) is 0 Å². The first-order valence-electron chi connectivity index (χ1n) is 6.76. The van der Waals surface area contributed by atoms with Crippen LogP contribution >= 0.6 is 11.6 Å².